The molecular weight excluding hydrogens is 581 g/mol. The highest BCUT2D eigenvalue weighted by molar-refractivity contribution is 8.77. The number of nitrogens with zero attached hydrogens (tertiary/aromatic N) is 4. The fraction of sp³-hybridized carbons (Fsp3) is 0.444. The van der Waals surface area contributed by atoms with Crippen molar-refractivity contribution in [3.8, 4) is 0 Å². The largest absolute Gasteiger partial charge is 0.364 e. The van der Waals surface area contributed by atoms with Crippen LogP contribution in [0.1, 0.15) is 38.8 Å². The van der Waals surface area contributed by atoms with Crippen LogP contribution in [0.15, 0.2) is 97.6 Å². The highest BCUT2D eigenvalue weighted by Gasteiger charge is 2.93. The van der Waals surface area contributed by atoms with E-state index in [1.807, 2.05) is 21.6 Å². The van der Waals surface area contributed by atoms with E-state index in [9.17, 15) is 0 Å². The first kappa shape index (κ1) is 26.1. The topological polar surface area (TPSA) is 37.0 Å². The number of rotatable bonds is 1. The smallest absolute Gasteiger partial charge is 0.141 e. The maximum absolute atomic E-state index is 4.89. The van der Waals surface area contributed by atoms with Gasteiger partial charge >= 0.3 is 0 Å². The standard InChI is InChI=1S/C36H40N6S2/c1-19-33(25-15-11-13-17-27(25)37-29(33)41-21(3)31(7)35(19,41)23(5)39(31)9)34-20(2)36-24(6)40(10)32(8,43-44-36)22(4)42(36)30(34)38-28-18-14-12-16-26(28)34/h11-20,29-30,37-38H,3-6H2,1-2,7-10H3. The second-order valence-corrected chi connectivity index (χ2v) is 17.4. The molecule has 2 spiro atoms. The Morgan fingerprint density at radius 1 is 0.659 bits per heavy atom. The number of benzene rings is 2. The van der Waals surface area contributed by atoms with Crippen molar-refractivity contribution >= 4 is 33.0 Å². The summed E-state index contributed by atoms with van der Waals surface area (Å²) in [4.78, 5) is 9.49. The van der Waals surface area contributed by atoms with Gasteiger partial charge in [0.1, 0.15) is 33.2 Å². The lowest BCUT2D eigenvalue weighted by Crippen LogP contribution is -2.90. The summed E-state index contributed by atoms with van der Waals surface area (Å²) >= 11 is 0. The normalized spacial score (nSPS) is 48.0. The van der Waals surface area contributed by atoms with E-state index in [1.54, 1.807) is 0 Å². The van der Waals surface area contributed by atoms with Crippen LogP contribution < -0.4 is 10.6 Å². The summed E-state index contributed by atoms with van der Waals surface area (Å²) in [5, 5.41) is 8.33. The molecule has 9 aliphatic heterocycles. The molecule has 11 rings (SSSR count). The Balaban J connectivity index is 1.35. The average molecular weight is 621 g/mol. The van der Waals surface area contributed by atoms with Crippen molar-refractivity contribution in [3.05, 3.63) is 109 Å². The van der Waals surface area contributed by atoms with Crippen molar-refractivity contribution in [2.75, 3.05) is 24.7 Å². The molecule has 6 nitrogen and oxygen atoms in total. The van der Waals surface area contributed by atoms with Gasteiger partial charge in [-0.25, -0.2) is 0 Å². The molecule has 7 saturated heterocycles. The number of anilines is 2. The molecule has 9 aliphatic rings. The van der Waals surface area contributed by atoms with Crippen LogP contribution in [0.2, 0.25) is 0 Å². The van der Waals surface area contributed by atoms with Crippen LogP contribution in [0.5, 0.6) is 0 Å². The van der Waals surface area contributed by atoms with E-state index >= 15 is 0 Å². The zero-order chi connectivity index (χ0) is 30.7. The summed E-state index contributed by atoms with van der Waals surface area (Å²) in [6.07, 6.45) is 0.000424. The first-order chi connectivity index (χ1) is 20.9. The minimum Gasteiger partial charge on any atom is -0.364 e. The van der Waals surface area contributed by atoms with E-state index in [0.717, 1.165) is 5.70 Å². The summed E-state index contributed by atoms with van der Waals surface area (Å²) in [7, 11) is 8.38. The molecule has 9 heterocycles. The van der Waals surface area contributed by atoms with Crippen molar-refractivity contribution < 1.29 is 0 Å². The van der Waals surface area contributed by atoms with Gasteiger partial charge in [-0.15, -0.1) is 0 Å². The highest BCUT2D eigenvalue weighted by atomic mass is 33.1. The van der Waals surface area contributed by atoms with Gasteiger partial charge in [-0.2, -0.15) is 0 Å². The van der Waals surface area contributed by atoms with Gasteiger partial charge in [0.2, 0.25) is 0 Å². The maximum Gasteiger partial charge on any atom is 0.141 e. The molecule has 10 unspecified atom stereocenters. The molecule has 2 aromatic carbocycles. The van der Waals surface area contributed by atoms with Crippen molar-refractivity contribution in [2.24, 2.45) is 11.8 Å². The lowest BCUT2D eigenvalue weighted by molar-refractivity contribution is -0.171. The quantitative estimate of drug-likeness (QED) is 0.349. The van der Waals surface area contributed by atoms with Gasteiger partial charge in [0, 0.05) is 60.1 Å². The molecule has 0 amide bonds. The lowest BCUT2D eigenvalue weighted by Gasteiger charge is -2.79. The predicted molar refractivity (Wildman–Crippen MR) is 183 cm³/mol. The summed E-state index contributed by atoms with van der Waals surface area (Å²) in [6.45, 7) is 29.1. The van der Waals surface area contributed by atoms with Gasteiger partial charge in [-0.1, -0.05) is 98.1 Å². The minimum absolute atomic E-state index is 0.0147. The van der Waals surface area contributed by atoms with Crippen LogP contribution in [-0.4, -0.2) is 66.8 Å². The van der Waals surface area contributed by atoms with Crippen molar-refractivity contribution in [3.63, 3.8) is 0 Å². The fourth-order valence-electron chi connectivity index (χ4n) is 12.4. The van der Waals surface area contributed by atoms with Crippen LogP contribution in [0, 0.1) is 11.8 Å². The van der Waals surface area contributed by atoms with Crippen LogP contribution in [0.4, 0.5) is 11.4 Å². The fourth-order valence-corrected chi connectivity index (χ4v) is 16.4. The summed E-state index contributed by atoms with van der Waals surface area (Å²) < 4.78 is 0. The molecule has 0 aromatic heterocycles. The number of fused-ring (bicyclic) bond motifs is 10. The third-order valence-corrected chi connectivity index (χ3v) is 18.4. The molecule has 8 heteroatoms. The van der Waals surface area contributed by atoms with Gasteiger partial charge in [-0.05, 0) is 37.1 Å². The van der Waals surface area contributed by atoms with Crippen LogP contribution >= 0.6 is 21.6 Å². The minimum atomic E-state index is -0.363. The first-order valence-corrected chi connectivity index (χ1v) is 18.0. The van der Waals surface area contributed by atoms with Crippen molar-refractivity contribution in [1.29, 1.82) is 0 Å². The number of likely N-dealkylation sites (tertiary alicyclic amines) is 1. The van der Waals surface area contributed by atoms with E-state index in [0.29, 0.717) is 0 Å². The molecular formula is C36H40N6S2. The molecule has 0 aliphatic carbocycles. The second kappa shape index (κ2) is 7.00. The number of nitrogens with one attached hydrogen (secondary N) is 2. The van der Waals surface area contributed by atoms with E-state index in [4.69, 9.17) is 26.3 Å². The monoisotopic (exact) mass is 620 g/mol. The Kier molecular flexibility index (Phi) is 4.16. The van der Waals surface area contributed by atoms with Crippen molar-refractivity contribution in [1.82, 2.24) is 19.6 Å². The number of piperazine rings is 2. The Bertz CT molecular complexity index is 1840. The molecule has 2 aromatic rings. The Hall–Kier alpha value is -3.10. The van der Waals surface area contributed by atoms with Crippen LogP contribution in [0.25, 0.3) is 0 Å². The second-order valence-electron chi connectivity index (χ2n) is 14.7. The highest BCUT2D eigenvalue weighted by Crippen LogP contribution is 2.85. The molecule has 0 radical (unpaired) electrons. The summed E-state index contributed by atoms with van der Waals surface area (Å²) in [6, 6.07) is 18.2. The molecule has 0 saturated carbocycles. The van der Waals surface area contributed by atoms with Gasteiger partial charge < -0.3 is 30.2 Å². The van der Waals surface area contributed by atoms with E-state index in [-0.39, 0.29) is 55.8 Å². The summed E-state index contributed by atoms with van der Waals surface area (Å²) in [5.74, 6) is 0.388. The Labute approximate surface area is 268 Å². The molecule has 2 bridgehead atoms. The van der Waals surface area contributed by atoms with E-state index in [2.05, 4.69) is 121 Å². The number of hydrogen-bond acceptors (Lipinski definition) is 8. The molecule has 2 N–H and O–H groups in total. The number of likely N-dealkylation sites (N-methyl/N-ethyl adjacent to an activating group) is 2. The maximum atomic E-state index is 4.89. The van der Waals surface area contributed by atoms with E-state index < -0.39 is 0 Å². The van der Waals surface area contributed by atoms with Gasteiger partial charge in [0.15, 0.2) is 0 Å². The van der Waals surface area contributed by atoms with Gasteiger partial charge in [0.05, 0.1) is 10.8 Å². The first-order valence-electron chi connectivity index (χ1n) is 15.8. The SMILES string of the molecule is C=C1N2C3Nc4ccccc4C3(C34c5ccccc5NC3N3C(=C)C5(C)N(C)C(=C)C35C4C)C(C)C23SSC1(C)N(C)C3=C. The Morgan fingerprint density at radius 3 is 1.82 bits per heavy atom. The van der Waals surface area contributed by atoms with Crippen LogP contribution in [0.3, 0.4) is 0 Å². The molecule has 226 valence electrons. The van der Waals surface area contributed by atoms with E-state index in [1.165, 1.54) is 39.6 Å². The number of hydrogen-bond donors (Lipinski definition) is 2. The Morgan fingerprint density at radius 2 is 1.20 bits per heavy atom. The van der Waals surface area contributed by atoms with Crippen molar-refractivity contribution in [2.45, 2.75) is 71.7 Å². The average Bonchev–Trinajstić information content (AvgIpc) is 3.67. The van der Waals surface area contributed by atoms with Crippen LogP contribution in [-0.2, 0) is 10.8 Å². The van der Waals surface area contributed by atoms with Gasteiger partial charge in [-0.3, -0.25) is 0 Å². The molecule has 44 heavy (non-hydrogen) atoms. The number of para-hydroxylation sites is 2. The third kappa shape index (κ3) is 1.89. The zero-order valence-corrected chi connectivity index (χ0v) is 28.0. The predicted octanol–water partition coefficient (Wildman–Crippen LogP) is 6.53. The molecule has 10 atom stereocenters. The lowest BCUT2D eigenvalue weighted by atomic mass is 9.43. The molecule has 7 fully saturated rings. The van der Waals surface area contributed by atoms with Gasteiger partial charge in [0.25, 0.3) is 0 Å². The third-order valence-electron chi connectivity index (χ3n) is 14.4. The zero-order valence-electron chi connectivity index (χ0n) is 26.4. The summed E-state index contributed by atoms with van der Waals surface area (Å²) in [5.41, 5.74) is 8.92.